The first kappa shape index (κ1) is 15.0. The van der Waals surface area contributed by atoms with Gasteiger partial charge < -0.3 is 14.9 Å². The Morgan fingerprint density at radius 1 is 0.923 bits per heavy atom. The highest BCUT2D eigenvalue weighted by Crippen LogP contribution is 2.29. The number of benzene rings is 3. The summed E-state index contributed by atoms with van der Waals surface area (Å²) in [4.78, 5) is 7.91. The number of anilines is 1. The van der Waals surface area contributed by atoms with Crippen LogP contribution in [0.25, 0.3) is 32.8 Å². The van der Waals surface area contributed by atoms with E-state index in [1.54, 1.807) is 0 Å². The monoisotopic (exact) mass is 340 g/mol. The molecule has 2 heterocycles. The van der Waals surface area contributed by atoms with E-state index in [0.717, 1.165) is 30.1 Å². The third kappa shape index (κ3) is 2.34. The molecule has 0 aliphatic carbocycles. The summed E-state index contributed by atoms with van der Waals surface area (Å²) in [6, 6.07) is 23.4. The molecular formula is C22H20N4. The predicted molar refractivity (Wildman–Crippen MR) is 109 cm³/mol. The van der Waals surface area contributed by atoms with Crippen molar-refractivity contribution in [2.24, 2.45) is 0 Å². The van der Waals surface area contributed by atoms with Gasteiger partial charge in [-0.05, 0) is 42.8 Å². The van der Waals surface area contributed by atoms with Gasteiger partial charge in [-0.25, -0.2) is 4.98 Å². The lowest BCUT2D eigenvalue weighted by atomic mass is 10.1. The van der Waals surface area contributed by atoms with Crippen molar-refractivity contribution < 1.29 is 0 Å². The number of rotatable bonds is 4. The first-order valence-electron chi connectivity index (χ1n) is 9.02. The van der Waals surface area contributed by atoms with Crippen molar-refractivity contribution >= 4 is 38.8 Å². The van der Waals surface area contributed by atoms with Crippen molar-refractivity contribution in [1.82, 2.24) is 14.5 Å². The molecule has 2 N–H and O–H groups in total. The van der Waals surface area contributed by atoms with E-state index < -0.39 is 0 Å². The third-order valence-corrected chi connectivity index (χ3v) is 5.00. The second kappa shape index (κ2) is 5.92. The summed E-state index contributed by atoms with van der Waals surface area (Å²) in [6.45, 7) is 3.91. The van der Waals surface area contributed by atoms with Crippen LogP contribution in [-0.4, -0.2) is 14.5 Å². The molecule has 0 spiro atoms. The number of hydrogen-bond acceptors (Lipinski definition) is 2. The van der Waals surface area contributed by atoms with E-state index >= 15 is 0 Å². The average Bonchev–Trinajstić information content (AvgIpc) is 3.24. The minimum Gasteiger partial charge on any atom is -0.352 e. The summed E-state index contributed by atoms with van der Waals surface area (Å²) < 4.78 is 2.38. The predicted octanol–water partition coefficient (Wildman–Crippen LogP) is 5.30. The molecule has 128 valence electrons. The molecule has 0 saturated heterocycles. The fourth-order valence-electron chi connectivity index (χ4n) is 3.77. The van der Waals surface area contributed by atoms with E-state index in [1.807, 2.05) is 24.3 Å². The van der Waals surface area contributed by atoms with Gasteiger partial charge in [-0.2, -0.15) is 0 Å². The standard InChI is InChI=1S/C22H20N4/c1-2-26-20-10-6-3-7-16(20)17-13-15(11-12-21(17)26)14-23-22-24-18-8-4-5-9-19(18)25-22/h3-13H,2,14H2,1H3,(H2,23,24,25). The number of nitrogens with zero attached hydrogens (tertiary/aromatic N) is 2. The van der Waals surface area contributed by atoms with Gasteiger partial charge in [-0.3, -0.25) is 0 Å². The SMILES string of the molecule is CCn1c2ccccc2c2cc(CNc3nc4ccccc4[nH]3)ccc21. The Labute approximate surface area is 151 Å². The zero-order valence-corrected chi connectivity index (χ0v) is 14.7. The molecule has 0 amide bonds. The van der Waals surface area contributed by atoms with Crippen LogP contribution in [0.1, 0.15) is 12.5 Å². The highest BCUT2D eigenvalue weighted by molar-refractivity contribution is 6.08. The molecule has 0 unspecified atom stereocenters. The minimum absolute atomic E-state index is 0.737. The molecular weight excluding hydrogens is 320 g/mol. The average molecular weight is 340 g/mol. The van der Waals surface area contributed by atoms with Crippen LogP contribution in [0.15, 0.2) is 66.7 Å². The van der Waals surface area contributed by atoms with Gasteiger partial charge in [-0.15, -0.1) is 0 Å². The first-order valence-corrected chi connectivity index (χ1v) is 9.02. The largest absolute Gasteiger partial charge is 0.352 e. The van der Waals surface area contributed by atoms with Gasteiger partial charge >= 0.3 is 0 Å². The van der Waals surface area contributed by atoms with Crippen LogP contribution in [0.4, 0.5) is 5.95 Å². The zero-order valence-electron chi connectivity index (χ0n) is 14.7. The number of aryl methyl sites for hydroxylation is 1. The number of hydrogen-bond donors (Lipinski definition) is 2. The maximum Gasteiger partial charge on any atom is 0.201 e. The lowest BCUT2D eigenvalue weighted by molar-refractivity contribution is 0.827. The maximum atomic E-state index is 4.59. The lowest BCUT2D eigenvalue weighted by Gasteiger charge is -2.05. The van der Waals surface area contributed by atoms with Gasteiger partial charge in [0.15, 0.2) is 0 Å². The molecule has 26 heavy (non-hydrogen) atoms. The van der Waals surface area contributed by atoms with Crippen molar-refractivity contribution in [3.8, 4) is 0 Å². The summed E-state index contributed by atoms with van der Waals surface area (Å²) in [5, 5.41) is 6.04. The Kier molecular flexibility index (Phi) is 3.42. The Balaban J connectivity index is 1.50. The topological polar surface area (TPSA) is 45.6 Å². The molecule has 0 bridgehead atoms. The number of aromatic nitrogens is 3. The Morgan fingerprint density at radius 2 is 1.73 bits per heavy atom. The summed E-state index contributed by atoms with van der Waals surface area (Å²) in [5.74, 6) is 0.808. The number of imidazole rings is 1. The molecule has 0 saturated carbocycles. The molecule has 0 aliphatic rings. The Hall–Kier alpha value is -3.27. The van der Waals surface area contributed by atoms with Crippen molar-refractivity contribution in [1.29, 1.82) is 0 Å². The normalized spacial score (nSPS) is 11.6. The van der Waals surface area contributed by atoms with E-state index in [9.17, 15) is 0 Å². The molecule has 0 fully saturated rings. The molecule has 0 atom stereocenters. The van der Waals surface area contributed by atoms with E-state index in [2.05, 4.69) is 69.2 Å². The van der Waals surface area contributed by atoms with Crippen molar-refractivity contribution in [3.05, 3.63) is 72.3 Å². The maximum absolute atomic E-state index is 4.59. The van der Waals surface area contributed by atoms with Gasteiger partial charge in [0.2, 0.25) is 5.95 Å². The lowest BCUT2D eigenvalue weighted by Crippen LogP contribution is -2.01. The quantitative estimate of drug-likeness (QED) is 0.466. The van der Waals surface area contributed by atoms with Gasteiger partial charge in [0.05, 0.1) is 11.0 Å². The van der Waals surface area contributed by atoms with Crippen LogP contribution in [0, 0.1) is 0 Å². The highest BCUT2D eigenvalue weighted by Gasteiger charge is 2.10. The van der Waals surface area contributed by atoms with Gasteiger partial charge in [0.25, 0.3) is 0 Å². The number of nitrogens with one attached hydrogen (secondary N) is 2. The fourth-order valence-corrected chi connectivity index (χ4v) is 3.77. The van der Waals surface area contributed by atoms with Gasteiger partial charge in [-0.1, -0.05) is 36.4 Å². The van der Waals surface area contributed by atoms with Gasteiger partial charge in [0, 0.05) is 34.9 Å². The zero-order chi connectivity index (χ0) is 17.5. The van der Waals surface area contributed by atoms with Crippen LogP contribution in [0.3, 0.4) is 0 Å². The summed E-state index contributed by atoms with van der Waals surface area (Å²) in [5.41, 5.74) is 5.87. The second-order valence-electron chi connectivity index (χ2n) is 6.57. The van der Waals surface area contributed by atoms with E-state index in [0.29, 0.717) is 0 Å². The second-order valence-corrected chi connectivity index (χ2v) is 6.57. The van der Waals surface area contributed by atoms with E-state index in [4.69, 9.17) is 0 Å². The number of aromatic amines is 1. The molecule has 3 aromatic carbocycles. The summed E-state index contributed by atoms with van der Waals surface area (Å²) >= 11 is 0. The van der Waals surface area contributed by atoms with E-state index in [1.165, 1.54) is 27.4 Å². The fraction of sp³-hybridized carbons (Fsp3) is 0.136. The third-order valence-electron chi connectivity index (χ3n) is 5.00. The molecule has 4 nitrogen and oxygen atoms in total. The molecule has 0 aliphatic heterocycles. The van der Waals surface area contributed by atoms with Crippen LogP contribution < -0.4 is 5.32 Å². The molecule has 5 rings (SSSR count). The van der Waals surface area contributed by atoms with Crippen molar-refractivity contribution in [2.45, 2.75) is 20.0 Å². The number of para-hydroxylation sites is 3. The van der Waals surface area contributed by atoms with E-state index in [-0.39, 0.29) is 0 Å². The first-order chi connectivity index (χ1) is 12.8. The molecule has 5 aromatic rings. The smallest absolute Gasteiger partial charge is 0.201 e. The Morgan fingerprint density at radius 3 is 2.62 bits per heavy atom. The van der Waals surface area contributed by atoms with Crippen LogP contribution >= 0.6 is 0 Å². The van der Waals surface area contributed by atoms with Crippen molar-refractivity contribution in [3.63, 3.8) is 0 Å². The summed E-state index contributed by atoms with van der Waals surface area (Å²) in [6.07, 6.45) is 0. The molecule has 4 heteroatoms. The molecule has 0 radical (unpaired) electrons. The Bertz CT molecular complexity index is 1200. The van der Waals surface area contributed by atoms with Crippen molar-refractivity contribution in [2.75, 3.05) is 5.32 Å². The highest BCUT2D eigenvalue weighted by atomic mass is 15.1. The van der Waals surface area contributed by atoms with Crippen LogP contribution in [-0.2, 0) is 13.1 Å². The minimum atomic E-state index is 0.737. The number of H-pyrrole nitrogens is 1. The number of fused-ring (bicyclic) bond motifs is 4. The van der Waals surface area contributed by atoms with Crippen LogP contribution in [0.2, 0.25) is 0 Å². The van der Waals surface area contributed by atoms with Gasteiger partial charge in [0.1, 0.15) is 0 Å². The van der Waals surface area contributed by atoms with Crippen LogP contribution in [0.5, 0.6) is 0 Å². The molecule has 2 aromatic heterocycles. The summed E-state index contributed by atoms with van der Waals surface area (Å²) in [7, 11) is 0.